The summed E-state index contributed by atoms with van der Waals surface area (Å²) >= 11 is 0. The van der Waals surface area contributed by atoms with Gasteiger partial charge >= 0.3 is 17.7 Å². The van der Waals surface area contributed by atoms with Crippen LogP contribution in [0.1, 0.15) is 31.9 Å². The lowest BCUT2D eigenvalue weighted by Gasteiger charge is -2.23. The first-order valence-electron chi connectivity index (χ1n) is 12.0. The predicted octanol–water partition coefficient (Wildman–Crippen LogP) is 5.81. The van der Waals surface area contributed by atoms with Gasteiger partial charge in [-0.3, -0.25) is 0 Å². The quantitative estimate of drug-likeness (QED) is 0.204. The van der Waals surface area contributed by atoms with E-state index in [9.17, 15) is 14.4 Å². The third-order valence-corrected chi connectivity index (χ3v) is 5.66. The molecule has 1 unspecified atom stereocenters. The molecular formula is C30H29NO6. The summed E-state index contributed by atoms with van der Waals surface area (Å²) in [5.41, 5.74) is 2.03. The van der Waals surface area contributed by atoms with Gasteiger partial charge in [-0.25, -0.2) is 14.4 Å². The van der Waals surface area contributed by atoms with E-state index in [1.54, 1.807) is 39.8 Å². The lowest BCUT2D eigenvalue weighted by atomic mass is 10.00. The summed E-state index contributed by atoms with van der Waals surface area (Å²) < 4.78 is 16.6. The van der Waals surface area contributed by atoms with Crippen LogP contribution in [0.3, 0.4) is 0 Å². The third-order valence-electron chi connectivity index (χ3n) is 5.66. The Kier molecular flexibility index (Phi) is 7.43. The molecule has 1 N–H and O–H groups in total. The normalized spacial score (nSPS) is 12.1. The van der Waals surface area contributed by atoms with Crippen LogP contribution in [-0.4, -0.2) is 23.7 Å². The number of nitrogens with one attached hydrogen (secondary N) is 1. The van der Waals surface area contributed by atoms with Crippen molar-refractivity contribution < 1.29 is 23.5 Å². The van der Waals surface area contributed by atoms with Crippen LogP contribution in [0.5, 0.6) is 5.75 Å². The van der Waals surface area contributed by atoms with Crippen LogP contribution in [-0.2, 0) is 16.0 Å². The fourth-order valence-corrected chi connectivity index (χ4v) is 3.98. The Morgan fingerprint density at radius 1 is 0.946 bits per heavy atom. The third kappa shape index (κ3) is 6.44. The molecule has 37 heavy (non-hydrogen) atoms. The molecule has 0 aliphatic rings. The number of hydrogen-bond acceptors (Lipinski definition) is 6. The van der Waals surface area contributed by atoms with E-state index in [1.165, 1.54) is 6.07 Å². The second kappa shape index (κ2) is 10.7. The van der Waals surface area contributed by atoms with Crippen LogP contribution in [0.15, 0.2) is 88.1 Å². The summed E-state index contributed by atoms with van der Waals surface area (Å²) in [4.78, 5) is 38.1. The molecular weight excluding hydrogens is 470 g/mol. The van der Waals surface area contributed by atoms with Crippen molar-refractivity contribution >= 4 is 23.0 Å². The van der Waals surface area contributed by atoms with E-state index < -0.39 is 29.3 Å². The fourth-order valence-electron chi connectivity index (χ4n) is 3.98. The van der Waals surface area contributed by atoms with Gasteiger partial charge in [0.15, 0.2) is 0 Å². The Morgan fingerprint density at radius 3 is 2.24 bits per heavy atom. The number of ether oxygens (including phenoxy) is 2. The van der Waals surface area contributed by atoms with Gasteiger partial charge in [-0.1, -0.05) is 60.7 Å². The molecule has 1 aromatic heterocycles. The minimum atomic E-state index is -1.00. The molecule has 0 aliphatic carbocycles. The first-order valence-corrected chi connectivity index (χ1v) is 12.0. The van der Waals surface area contributed by atoms with Crippen molar-refractivity contribution in [2.75, 3.05) is 0 Å². The van der Waals surface area contributed by atoms with E-state index in [0.29, 0.717) is 11.1 Å². The van der Waals surface area contributed by atoms with Crippen LogP contribution in [0.2, 0.25) is 0 Å². The molecule has 4 aromatic rings. The van der Waals surface area contributed by atoms with Crippen LogP contribution < -0.4 is 15.7 Å². The van der Waals surface area contributed by atoms with Crippen molar-refractivity contribution in [2.24, 2.45) is 0 Å². The van der Waals surface area contributed by atoms with Crippen molar-refractivity contribution in [3.8, 4) is 16.9 Å². The number of carbonyl (C=O) groups is 2. The number of fused-ring (bicyclic) bond motifs is 1. The maximum atomic E-state index is 13.3. The fraction of sp³-hybridized carbons (Fsp3) is 0.233. The number of rotatable bonds is 6. The molecule has 1 heterocycles. The number of alkyl carbamates (subject to hydrolysis) is 1. The molecule has 1 atom stereocenters. The molecule has 7 heteroatoms. The standard InChI is InChI=1S/C30H29NO6/c1-19-25(16-15-22-23(18-26(32)36-27(19)22)21-13-9-6-10-14-21)35-28(33)24(17-20-11-7-5-8-12-20)31-29(34)37-30(2,3)4/h5-16,18,24H,17H2,1-4H3,(H,31,34). The highest BCUT2D eigenvalue weighted by molar-refractivity contribution is 5.96. The summed E-state index contributed by atoms with van der Waals surface area (Å²) in [5.74, 6) is -0.436. The topological polar surface area (TPSA) is 94.8 Å². The van der Waals surface area contributed by atoms with Crippen LogP contribution in [0.4, 0.5) is 4.79 Å². The van der Waals surface area contributed by atoms with Crippen LogP contribution in [0.25, 0.3) is 22.1 Å². The summed E-state index contributed by atoms with van der Waals surface area (Å²) in [6.07, 6.45) is -0.516. The Hall–Kier alpha value is -4.39. The summed E-state index contributed by atoms with van der Waals surface area (Å²) in [6, 6.07) is 22.7. The van der Waals surface area contributed by atoms with Gasteiger partial charge < -0.3 is 19.2 Å². The minimum absolute atomic E-state index is 0.207. The average molecular weight is 500 g/mol. The summed E-state index contributed by atoms with van der Waals surface area (Å²) in [7, 11) is 0. The maximum absolute atomic E-state index is 13.3. The average Bonchev–Trinajstić information content (AvgIpc) is 2.85. The van der Waals surface area contributed by atoms with E-state index in [4.69, 9.17) is 13.9 Å². The Bertz CT molecular complexity index is 1470. The van der Waals surface area contributed by atoms with Crippen molar-refractivity contribution in [2.45, 2.75) is 45.8 Å². The first kappa shape index (κ1) is 25.7. The highest BCUT2D eigenvalue weighted by Gasteiger charge is 2.27. The molecule has 0 fully saturated rings. The van der Waals surface area contributed by atoms with Gasteiger partial charge in [0.05, 0.1) is 0 Å². The van der Waals surface area contributed by atoms with E-state index in [1.807, 2.05) is 60.7 Å². The highest BCUT2D eigenvalue weighted by Crippen LogP contribution is 2.33. The zero-order valence-electron chi connectivity index (χ0n) is 21.2. The highest BCUT2D eigenvalue weighted by atomic mass is 16.6. The van der Waals surface area contributed by atoms with Gasteiger partial charge in [0.1, 0.15) is 23.0 Å². The zero-order valence-corrected chi connectivity index (χ0v) is 21.2. The van der Waals surface area contributed by atoms with Gasteiger partial charge in [0, 0.05) is 23.4 Å². The van der Waals surface area contributed by atoms with Gasteiger partial charge in [-0.2, -0.15) is 0 Å². The predicted molar refractivity (Wildman–Crippen MR) is 142 cm³/mol. The van der Waals surface area contributed by atoms with Crippen LogP contribution in [0, 0.1) is 6.92 Å². The smallest absolute Gasteiger partial charge is 0.408 e. The lowest BCUT2D eigenvalue weighted by molar-refractivity contribution is -0.136. The maximum Gasteiger partial charge on any atom is 0.408 e. The number of benzene rings is 3. The van der Waals surface area contributed by atoms with E-state index >= 15 is 0 Å². The summed E-state index contributed by atoms with van der Waals surface area (Å²) in [6.45, 7) is 6.95. The van der Waals surface area contributed by atoms with Gasteiger partial charge in [0.25, 0.3) is 0 Å². The molecule has 1 amide bonds. The van der Waals surface area contributed by atoms with Gasteiger partial charge in [0.2, 0.25) is 0 Å². The van der Waals surface area contributed by atoms with Gasteiger partial charge in [-0.15, -0.1) is 0 Å². The second-order valence-electron chi connectivity index (χ2n) is 9.72. The summed E-state index contributed by atoms with van der Waals surface area (Å²) in [5, 5.41) is 3.35. The monoisotopic (exact) mass is 499 g/mol. The molecule has 0 saturated heterocycles. The first-order chi connectivity index (χ1) is 17.6. The molecule has 190 valence electrons. The molecule has 4 rings (SSSR count). The van der Waals surface area contributed by atoms with Crippen molar-refractivity contribution in [1.82, 2.24) is 5.32 Å². The molecule has 0 radical (unpaired) electrons. The number of carbonyl (C=O) groups excluding carboxylic acids is 2. The minimum Gasteiger partial charge on any atom is -0.444 e. The number of esters is 1. The molecule has 7 nitrogen and oxygen atoms in total. The molecule has 0 spiro atoms. The molecule has 0 aliphatic heterocycles. The molecule has 0 bridgehead atoms. The van der Waals surface area contributed by atoms with E-state index in [-0.39, 0.29) is 12.2 Å². The van der Waals surface area contributed by atoms with Gasteiger partial charge in [-0.05, 0) is 56.5 Å². The van der Waals surface area contributed by atoms with E-state index in [2.05, 4.69) is 5.32 Å². The Morgan fingerprint density at radius 2 is 1.59 bits per heavy atom. The molecule has 3 aromatic carbocycles. The lowest BCUT2D eigenvalue weighted by Crippen LogP contribution is -2.46. The molecule has 0 saturated carbocycles. The van der Waals surface area contributed by atoms with Crippen molar-refractivity contribution in [3.05, 3.63) is 100 Å². The second-order valence-corrected chi connectivity index (χ2v) is 9.72. The van der Waals surface area contributed by atoms with Crippen molar-refractivity contribution in [1.29, 1.82) is 0 Å². The Balaban J connectivity index is 1.65. The number of aryl methyl sites for hydroxylation is 1. The SMILES string of the molecule is Cc1c(OC(=O)C(Cc2ccccc2)NC(=O)OC(C)(C)C)ccc2c(-c3ccccc3)cc(=O)oc12. The van der Waals surface area contributed by atoms with Crippen molar-refractivity contribution in [3.63, 3.8) is 0 Å². The van der Waals surface area contributed by atoms with Crippen LogP contribution >= 0.6 is 0 Å². The van der Waals surface area contributed by atoms with E-state index in [0.717, 1.165) is 22.1 Å². The Labute approximate surface area is 215 Å². The number of amides is 1. The zero-order chi connectivity index (χ0) is 26.6. The number of hydrogen-bond donors (Lipinski definition) is 1. The largest absolute Gasteiger partial charge is 0.444 e.